The second-order valence-corrected chi connectivity index (χ2v) is 5.75. The first-order valence-corrected chi connectivity index (χ1v) is 6.91. The molecule has 1 saturated carbocycles. The van der Waals surface area contributed by atoms with Crippen molar-refractivity contribution in [3.63, 3.8) is 0 Å². The molecular formula is C14H25N5. The molecule has 0 amide bonds. The van der Waals surface area contributed by atoms with Crippen molar-refractivity contribution in [2.24, 2.45) is 0 Å². The molecule has 106 valence electrons. The van der Waals surface area contributed by atoms with Gasteiger partial charge in [0.15, 0.2) is 0 Å². The van der Waals surface area contributed by atoms with Gasteiger partial charge in [-0.2, -0.15) is 0 Å². The van der Waals surface area contributed by atoms with Crippen molar-refractivity contribution in [1.29, 1.82) is 0 Å². The van der Waals surface area contributed by atoms with Crippen LogP contribution in [0.3, 0.4) is 0 Å². The Bertz CT molecular complexity index is 397. The first kappa shape index (κ1) is 14.2. The SMILES string of the molecule is CNCc1cnc(N(C)CC2(N(C)C)CCC2)nc1. The van der Waals surface area contributed by atoms with E-state index in [2.05, 4.69) is 46.2 Å². The Morgan fingerprint density at radius 3 is 2.26 bits per heavy atom. The normalized spacial score (nSPS) is 17.3. The van der Waals surface area contributed by atoms with E-state index >= 15 is 0 Å². The Balaban J connectivity index is 2.01. The number of aromatic nitrogens is 2. The highest BCUT2D eigenvalue weighted by atomic mass is 15.3. The fraction of sp³-hybridized carbons (Fsp3) is 0.714. The molecule has 1 aromatic rings. The van der Waals surface area contributed by atoms with E-state index < -0.39 is 0 Å². The van der Waals surface area contributed by atoms with E-state index in [4.69, 9.17) is 0 Å². The summed E-state index contributed by atoms with van der Waals surface area (Å²) in [5, 5.41) is 3.10. The van der Waals surface area contributed by atoms with E-state index in [1.807, 2.05) is 19.4 Å². The molecule has 1 fully saturated rings. The molecule has 0 atom stereocenters. The topological polar surface area (TPSA) is 44.3 Å². The van der Waals surface area contributed by atoms with Crippen LogP contribution in [0, 0.1) is 0 Å². The Labute approximate surface area is 116 Å². The molecule has 0 unspecified atom stereocenters. The number of anilines is 1. The van der Waals surface area contributed by atoms with Gasteiger partial charge in [0, 0.05) is 43.6 Å². The highest BCUT2D eigenvalue weighted by Crippen LogP contribution is 2.36. The Kier molecular flexibility index (Phi) is 4.37. The van der Waals surface area contributed by atoms with Crippen molar-refractivity contribution >= 4 is 5.95 Å². The van der Waals surface area contributed by atoms with Crippen LogP contribution in [0.5, 0.6) is 0 Å². The van der Waals surface area contributed by atoms with Crippen molar-refractivity contribution in [2.45, 2.75) is 31.3 Å². The standard InChI is InChI=1S/C14H25N5/c1-15-8-12-9-16-13(17-10-12)19(4)11-14(18(2)3)6-5-7-14/h9-10,15H,5-8,11H2,1-4H3. The molecule has 0 saturated heterocycles. The molecule has 5 nitrogen and oxygen atoms in total. The number of rotatable bonds is 6. The van der Waals surface area contributed by atoms with Gasteiger partial charge in [-0.3, -0.25) is 0 Å². The van der Waals surface area contributed by atoms with Crippen LogP contribution in [0.4, 0.5) is 5.95 Å². The third-order valence-electron chi connectivity index (χ3n) is 4.18. The second kappa shape index (κ2) is 5.84. The Hall–Kier alpha value is -1.20. The average molecular weight is 263 g/mol. The first-order valence-electron chi connectivity index (χ1n) is 6.91. The average Bonchev–Trinajstić information content (AvgIpc) is 2.34. The minimum atomic E-state index is 0.307. The van der Waals surface area contributed by atoms with E-state index in [9.17, 15) is 0 Å². The molecule has 0 aliphatic heterocycles. The van der Waals surface area contributed by atoms with Crippen LogP contribution < -0.4 is 10.2 Å². The lowest BCUT2D eigenvalue weighted by Crippen LogP contribution is -2.57. The minimum Gasteiger partial charge on any atom is -0.342 e. The molecule has 1 aromatic heterocycles. The summed E-state index contributed by atoms with van der Waals surface area (Å²) in [6.45, 7) is 1.80. The zero-order valence-electron chi connectivity index (χ0n) is 12.5. The molecule has 19 heavy (non-hydrogen) atoms. The third kappa shape index (κ3) is 3.04. The van der Waals surface area contributed by atoms with Crippen LogP contribution in [0.15, 0.2) is 12.4 Å². The van der Waals surface area contributed by atoms with E-state index in [0.29, 0.717) is 5.54 Å². The monoisotopic (exact) mass is 263 g/mol. The minimum absolute atomic E-state index is 0.307. The fourth-order valence-corrected chi connectivity index (χ4v) is 2.68. The molecule has 0 bridgehead atoms. The summed E-state index contributed by atoms with van der Waals surface area (Å²) in [6.07, 6.45) is 7.66. The smallest absolute Gasteiger partial charge is 0.225 e. The van der Waals surface area contributed by atoms with Crippen LogP contribution in [0.1, 0.15) is 24.8 Å². The van der Waals surface area contributed by atoms with Gasteiger partial charge in [-0.05, 0) is 40.4 Å². The molecular weight excluding hydrogens is 238 g/mol. The van der Waals surface area contributed by atoms with Gasteiger partial charge in [0.2, 0.25) is 5.95 Å². The van der Waals surface area contributed by atoms with Crippen LogP contribution in [-0.4, -0.2) is 55.1 Å². The van der Waals surface area contributed by atoms with E-state index in [-0.39, 0.29) is 0 Å². The predicted molar refractivity (Wildman–Crippen MR) is 78.3 cm³/mol. The largest absolute Gasteiger partial charge is 0.342 e. The van der Waals surface area contributed by atoms with Crippen molar-refractivity contribution in [1.82, 2.24) is 20.2 Å². The van der Waals surface area contributed by atoms with E-state index in [0.717, 1.165) is 24.6 Å². The lowest BCUT2D eigenvalue weighted by molar-refractivity contribution is 0.0680. The lowest BCUT2D eigenvalue weighted by Gasteiger charge is -2.49. The number of hydrogen-bond acceptors (Lipinski definition) is 5. The third-order valence-corrected chi connectivity index (χ3v) is 4.18. The molecule has 0 radical (unpaired) electrons. The van der Waals surface area contributed by atoms with E-state index in [1.54, 1.807) is 0 Å². The summed E-state index contributed by atoms with van der Waals surface area (Å²) in [7, 11) is 8.35. The van der Waals surface area contributed by atoms with Gasteiger partial charge in [-0.25, -0.2) is 9.97 Å². The van der Waals surface area contributed by atoms with Gasteiger partial charge in [-0.15, -0.1) is 0 Å². The quantitative estimate of drug-likeness (QED) is 0.833. The zero-order chi connectivity index (χ0) is 13.9. The van der Waals surface area contributed by atoms with Gasteiger partial charge >= 0.3 is 0 Å². The van der Waals surface area contributed by atoms with Crippen molar-refractivity contribution in [3.05, 3.63) is 18.0 Å². The summed E-state index contributed by atoms with van der Waals surface area (Å²) in [5.41, 5.74) is 1.42. The zero-order valence-corrected chi connectivity index (χ0v) is 12.5. The van der Waals surface area contributed by atoms with Crippen LogP contribution in [0.25, 0.3) is 0 Å². The molecule has 2 rings (SSSR count). The molecule has 1 aliphatic rings. The van der Waals surface area contributed by atoms with Crippen molar-refractivity contribution in [2.75, 3.05) is 39.6 Å². The van der Waals surface area contributed by atoms with Gasteiger partial charge in [-0.1, -0.05) is 0 Å². The highest BCUT2D eigenvalue weighted by molar-refractivity contribution is 5.30. The molecule has 0 spiro atoms. The summed E-state index contributed by atoms with van der Waals surface area (Å²) < 4.78 is 0. The summed E-state index contributed by atoms with van der Waals surface area (Å²) in [6, 6.07) is 0. The van der Waals surface area contributed by atoms with Crippen molar-refractivity contribution in [3.8, 4) is 0 Å². The maximum Gasteiger partial charge on any atom is 0.225 e. The van der Waals surface area contributed by atoms with Gasteiger partial charge < -0.3 is 15.1 Å². The van der Waals surface area contributed by atoms with Crippen LogP contribution >= 0.6 is 0 Å². The summed E-state index contributed by atoms with van der Waals surface area (Å²) in [4.78, 5) is 13.4. The molecule has 1 N–H and O–H groups in total. The molecule has 0 aromatic carbocycles. The maximum absolute atomic E-state index is 4.46. The Morgan fingerprint density at radius 2 is 1.84 bits per heavy atom. The number of nitrogens with one attached hydrogen (secondary N) is 1. The lowest BCUT2D eigenvalue weighted by atomic mass is 9.75. The number of nitrogens with zero attached hydrogens (tertiary/aromatic N) is 4. The van der Waals surface area contributed by atoms with Crippen LogP contribution in [-0.2, 0) is 6.54 Å². The first-order chi connectivity index (χ1) is 9.07. The Morgan fingerprint density at radius 1 is 1.21 bits per heavy atom. The number of likely N-dealkylation sites (N-methyl/N-ethyl adjacent to an activating group) is 2. The van der Waals surface area contributed by atoms with Gasteiger partial charge in [0.25, 0.3) is 0 Å². The highest BCUT2D eigenvalue weighted by Gasteiger charge is 2.40. The maximum atomic E-state index is 4.46. The molecule has 1 aliphatic carbocycles. The second-order valence-electron chi connectivity index (χ2n) is 5.75. The summed E-state index contributed by atoms with van der Waals surface area (Å²) in [5.74, 6) is 0.813. The van der Waals surface area contributed by atoms with Gasteiger partial charge in [0.1, 0.15) is 0 Å². The molecule has 5 heteroatoms. The van der Waals surface area contributed by atoms with Gasteiger partial charge in [0.05, 0.1) is 0 Å². The molecule has 1 heterocycles. The van der Waals surface area contributed by atoms with Crippen molar-refractivity contribution < 1.29 is 0 Å². The number of hydrogen-bond donors (Lipinski definition) is 1. The fourth-order valence-electron chi connectivity index (χ4n) is 2.68. The van der Waals surface area contributed by atoms with E-state index in [1.165, 1.54) is 19.3 Å². The van der Waals surface area contributed by atoms with Crippen LogP contribution in [0.2, 0.25) is 0 Å². The predicted octanol–water partition coefficient (Wildman–Crippen LogP) is 1.12. The summed E-state index contributed by atoms with van der Waals surface area (Å²) >= 11 is 0.